The molecule has 1 atom stereocenters. The van der Waals surface area contributed by atoms with Crippen molar-refractivity contribution in [3.63, 3.8) is 0 Å². The lowest BCUT2D eigenvalue weighted by Crippen LogP contribution is -2.24. The highest BCUT2D eigenvalue weighted by molar-refractivity contribution is 7.92. The predicted molar refractivity (Wildman–Crippen MR) is 113 cm³/mol. The van der Waals surface area contributed by atoms with E-state index in [1.54, 1.807) is 25.3 Å². The molecule has 1 heterocycles. The number of methoxy groups -OCH3 is 1. The third-order valence-corrected chi connectivity index (χ3v) is 5.40. The number of hydrogen-bond acceptors (Lipinski definition) is 7. The number of para-hydroxylation sites is 2. The number of aromatic nitrogens is 2. The molecule has 0 amide bonds. The van der Waals surface area contributed by atoms with E-state index in [1.165, 1.54) is 12.1 Å². The zero-order valence-corrected chi connectivity index (χ0v) is 17.4. The van der Waals surface area contributed by atoms with E-state index in [0.29, 0.717) is 35.8 Å². The number of anilines is 2. The molecule has 0 fully saturated rings. The minimum absolute atomic E-state index is 0.0933. The van der Waals surface area contributed by atoms with E-state index in [4.69, 9.17) is 9.47 Å². The van der Waals surface area contributed by atoms with Gasteiger partial charge >= 0.3 is 0 Å². The SMILES string of the molecule is CCOc1ccc(S(=O)(=O)Nc2nc3ccccc3nc2N[C@@H](C)COC)cc1. The monoisotopic (exact) mass is 416 g/mol. The van der Waals surface area contributed by atoms with Crippen LogP contribution >= 0.6 is 0 Å². The summed E-state index contributed by atoms with van der Waals surface area (Å²) in [5.41, 5.74) is 1.24. The Morgan fingerprint density at radius 3 is 2.21 bits per heavy atom. The van der Waals surface area contributed by atoms with Crippen molar-refractivity contribution in [2.24, 2.45) is 0 Å². The Kier molecular flexibility index (Phi) is 6.50. The standard InChI is InChI=1S/C20H24N4O4S/c1-4-28-15-9-11-16(12-10-15)29(25,26)24-20-19(21-14(2)13-27-3)22-17-7-5-6-8-18(17)23-20/h5-12,14H,4,13H2,1-3H3,(H,21,22)(H,23,24)/t14-/m0/s1. The van der Waals surface area contributed by atoms with Gasteiger partial charge in [0.1, 0.15) is 5.75 Å². The number of hydrogen-bond donors (Lipinski definition) is 2. The van der Waals surface area contributed by atoms with Gasteiger partial charge in [-0.3, -0.25) is 4.72 Å². The van der Waals surface area contributed by atoms with E-state index in [2.05, 4.69) is 20.0 Å². The molecule has 8 nitrogen and oxygen atoms in total. The molecule has 0 aliphatic heterocycles. The highest BCUT2D eigenvalue weighted by Gasteiger charge is 2.20. The number of rotatable bonds is 9. The molecule has 1 aromatic heterocycles. The molecular weight excluding hydrogens is 392 g/mol. The third-order valence-electron chi connectivity index (χ3n) is 4.05. The summed E-state index contributed by atoms with van der Waals surface area (Å²) < 4.78 is 38.9. The van der Waals surface area contributed by atoms with Crippen LogP contribution in [0, 0.1) is 0 Å². The minimum atomic E-state index is -3.86. The summed E-state index contributed by atoms with van der Waals surface area (Å²) in [4.78, 5) is 9.11. The lowest BCUT2D eigenvalue weighted by Gasteiger charge is -2.17. The normalized spacial score (nSPS) is 12.5. The van der Waals surface area contributed by atoms with Crippen molar-refractivity contribution in [3.05, 3.63) is 48.5 Å². The van der Waals surface area contributed by atoms with Gasteiger partial charge in [0.05, 0.1) is 29.1 Å². The van der Waals surface area contributed by atoms with Gasteiger partial charge in [-0.05, 0) is 50.2 Å². The number of ether oxygens (including phenoxy) is 2. The van der Waals surface area contributed by atoms with Gasteiger partial charge in [-0.25, -0.2) is 18.4 Å². The van der Waals surface area contributed by atoms with Gasteiger partial charge in [-0.2, -0.15) is 0 Å². The topological polar surface area (TPSA) is 102 Å². The first-order valence-corrected chi connectivity index (χ1v) is 10.7. The summed E-state index contributed by atoms with van der Waals surface area (Å²) in [5.74, 6) is 1.07. The van der Waals surface area contributed by atoms with E-state index >= 15 is 0 Å². The maximum atomic E-state index is 12.9. The third kappa shape index (κ3) is 5.12. The average molecular weight is 417 g/mol. The Balaban J connectivity index is 1.96. The van der Waals surface area contributed by atoms with Crippen molar-refractivity contribution < 1.29 is 17.9 Å². The van der Waals surface area contributed by atoms with Gasteiger partial charge in [0.25, 0.3) is 10.0 Å². The van der Waals surface area contributed by atoms with Gasteiger partial charge in [-0.1, -0.05) is 12.1 Å². The Morgan fingerprint density at radius 2 is 1.62 bits per heavy atom. The summed E-state index contributed by atoms with van der Waals surface area (Å²) in [5, 5.41) is 3.16. The minimum Gasteiger partial charge on any atom is -0.494 e. The first-order valence-electron chi connectivity index (χ1n) is 9.21. The van der Waals surface area contributed by atoms with Crippen LogP contribution < -0.4 is 14.8 Å². The van der Waals surface area contributed by atoms with Crippen LogP contribution in [0.1, 0.15) is 13.8 Å². The molecule has 3 rings (SSSR count). The summed E-state index contributed by atoms with van der Waals surface area (Å²) in [6.45, 7) is 4.71. The molecule has 0 radical (unpaired) electrons. The maximum absolute atomic E-state index is 12.9. The van der Waals surface area contributed by atoms with Gasteiger partial charge in [0, 0.05) is 13.2 Å². The molecule has 154 valence electrons. The summed E-state index contributed by atoms with van der Waals surface area (Å²) in [6.07, 6.45) is 0. The van der Waals surface area contributed by atoms with Crippen molar-refractivity contribution in [1.82, 2.24) is 9.97 Å². The number of benzene rings is 2. The number of sulfonamides is 1. The van der Waals surface area contributed by atoms with Crippen LogP contribution in [0.3, 0.4) is 0 Å². The van der Waals surface area contributed by atoms with Crippen LogP contribution in [0.15, 0.2) is 53.4 Å². The van der Waals surface area contributed by atoms with Crippen molar-refractivity contribution in [2.45, 2.75) is 24.8 Å². The van der Waals surface area contributed by atoms with Crippen LogP contribution in [0.2, 0.25) is 0 Å². The summed E-state index contributed by atoms with van der Waals surface area (Å²) in [6, 6.07) is 13.4. The second-order valence-corrected chi connectivity index (χ2v) is 8.10. The first-order chi connectivity index (χ1) is 13.9. The maximum Gasteiger partial charge on any atom is 0.263 e. The summed E-state index contributed by atoms with van der Waals surface area (Å²) in [7, 11) is -2.27. The quantitative estimate of drug-likeness (QED) is 0.552. The highest BCUT2D eigenvalue weighted by Crippen LogP contribution is 2.25. The molecule has 29 heavy (non-hydrogen) atoms. The molecule has 0 saturated carbocycles. The van der Waals surface area contributed by atoms with Crippen LogP contribution in [0.5, 0.6) is 5.75 Å². The van der Waals surface area contributed by atoms with Crippen molar-refractivity contribution in [3.8, 4) is 5.75 Å². The molecule has 0 spiro atoms. The molecule has 2 aromatic carbocycles. The zero-order chi connectivity index (χ0) is 20.9. The van der Waals surface area contributed by atoms with E-state index in [9.17, 15) is 8.42 Å². The van der Waals surface area contributed by atoms with E-state index in [0.717, 1.165) is 0 Å². The Labute approximate surface area is 170 Å². The molecule has 0 aliphatic carbocycles. The number of fused-ring (bicyclic) bond motifs is 1. The molecule has 9 heteroatoms. The highest BCUT2D eigenvalue weighted by atomic mass is 32.2. The van der Waals surface area contributed by atoms with E-state index in [1.807, 2.05) is 32.0 Å². The second-order valence-electron chi connectivity index (χ2n) is 6.42. The molecule has 0 saturated heterocycles. The van der Waals surface area contributed by atoms with Gasteiger partial charge in [-0.15, -0.1) is 0 Å². The molecule has 2 N–H and O–H groups in total. The van der Waals surface area contributed by atoms with Crippen molar-refractivity contribution >= 4 is 32.7 Å². The fourth-order valence-electron chi connectivity index (χ4n) is 2.76. The number of nitrogens with one attached hydrogen (secondary N) is 2. The van der Waals surface area contributed by atoms with Crippen LogP contribution in [0.25, 0.3) is 11.0 Å². The van der Waals surface area contributed by atoms with Gasteiger partial charge < -0.3 is 14.8 Å². The van der Waals surface area contributed by atoms with Crippen LogP contribution in [0.4, 0.5) is 11.6 Å². The number of nitrogens with zero attached hydrogens (tertiary/aromatic N) is 2. The average Bonchev–Trinajstić information content (AvgIpc) is 2.69. The van der Waals surface area contributed by atoms with Crippen molar-refractivity contribution in [1.29, 1.82) is 0 Å². The van der Waals surface area contributed by atoms with E-state index < -0.39 is 10.0 Å². The predicted octanol–water partition coefficient (Wildman–Crippen LogP) is 3.28. The lowest BCUT2D eigenvalue weighted by molar-refractivity contribution is 0.190. The Hall–Kier alpha value is -2.91. The molecule has 0 bridgehead atoms. The molecule has 0 aliphatic rings. The van der Waals surface area contributed by atoms with Crippen LogP contribution in [-0.2, 0) is 14.8 Å². The van der Waals surface area contributed by atoms with Gasteiger partial charge in [0.15, 0.2) is 11.6 Å². The van der Waals surface area contributed by atoms with E-state index in [-0.39, 0.29) is 16.8 Å². The lowest BCUT2D eigenvalue weighted by atomic mass is 10.3. The summed E-state index contributed by atoms with van der Waals surface area (Å²) >= 11 is 0. The Morgan fingerprint density at radius 1 is 1.00 bits per heavy atom. The molecule has 0 unspecified atom stereocenters. The largest absolute Gasteiger partial charge is 0.494 e. The fraction of sp³-hybridized carbons (Fsp3) is 0.300. The van der Waals surface area contributed by atoms with Crippen molar-refractivity contribution in [2.75, 3.05) is 30.4 Å². The fourth-order valence-corrected chi connectivity index (χ4v) is 3.77. The Bertz CT molecular complexity index is 1070. The zero-order valence-electron chi connectivity index (χ0n) is 16.5. The van der Waals surface area contributed by atoms with Crippen LogP contribution in [-0.4, -0.2) is 44.8 Å². The van der Waals surface area contributed by atoms with Gasteiger partial charge in [0.2, 0.25) is 0 Å². The first kappa shape index (κ1) is 20.8. The molecular formula is C20H24N4O4S. The smallest absolute Gasteiger partial charge is 0.263 e. The molecule has 3 aromatic rings. The second kappa shape index (κ2) is 9.06.